The summed E-state index contributed by atoms with van der Waals surface area (Å²) in [4.78, 5) is 55.5. The van der Waals surface area contributed by atoms with E-state index < -0.39 is 93.2 Å². The molecule has 0 spiro atoms. The van der Waals surface area contributed by atoms with Gasteiger partial charge < -0.3 is 31.9 Å². The van der Waals surface area contributed by atoms with Crippen LogP contribution in [0.2, 0.25) is 22.2 Å². The smallest absolute Gasteiger partial charge is 0.474 e. The van der Waals surface area contributed by atoms with E-state index in [1.54, 1.807) is 19.9 Å². The van der Waals surface area contributed by atoms with Crippen LogP contribution >= 0.6 is 16.1 Å². The molecule has 5 heterocycles. The van der Waals surface area contributed by atoms with Crippen LogP contribution in [0.4, 0.5) is 5.95 Å². The van der Waals surface area contributed by atoms with Gasteiger partial charge in [0.15, 0.2) is 17.4 Å². The van der Waals surface area contributed by atoms with E-state index in [1.807, 2.05) is 33.8 Å². The summed E-state index contributed by atoms with van der Waals surface area (Å²) in [6.07, 6.45) is -1.59. The number of anilines is 1. The summed E-state index contributed by atoms with van der Waals surface area (Å²) in [5, 5.41) is 12.1. The highest BCUT2D eigenvalue weighted by Crippen LogP contribution is 2.57. The van der Waals surface area contributed by atoms with Crippen LogP contribution in [0, 0.1) is 23.2 Å². The fraction of sp³-hybridized carbons (Fsp3) is 0.718. The third-order valence-corrected chi connectivity index (χ3v) is 24.1. The van der Waals surface area contributed by atoms with Crippen LogP contribution < -0.4 is 15.6 Å². The number of nitrogens with one attached hydrogen (secondary N) is 2. The lowest BCUT2D eigenvalue weighted by atomic mass is 10.1. The molecule has 1 aliphatic carbocycles. The van der Waals surface area contributed by atoms with Gasteiger partial charge in [-0.05, 0) is 28.6 Å². The highest BCUT2D eigenvalue weighted by Gasteiger charge is 2.63. The minimum atomic E-state index is -4.78. The molecule has 3 aliphatic rings. The van der Waals surface area contributed by atoms with Gasteiger partial charge in [-0.1, -0.05) is 69.2 Å². The summed E-state index contributed by atoms with van der Waals surface area (Å²) in [5.74, 6) is -1.33. The zero-order valence-electron chi connectivity index (χ0n) is 38.4. The predicted molar refractivity (Wildman–Crippen MR) is 239 cm³/mol. The molecule has 0 aromatic carbocycles. The van der Waals surface area contributed by atoms with Crippen molar-refractivity contribution in [3.05, 3.63) is 35.3 Å². The first-order valence-corrected chi connectivity index (χ1v) is 28.6. The van der Waals surface area contributed by atoms with Crippen LogP contribution in [-0.2, 0) is 49.7 Å². The molecule has 360 valence electrons. The van der Waals surface area contributed by atoms with Crippen LogP contribution in [0.5, 0.6) is 5.88 Å². The van der Waals surface area contributed by atoms with Gasteiger partial charge in [0.2, 0.25) is 17.7 Å². The number of carbonyl (C=O) groups is 1. The number of rotatable bonds is 19. The Morgan fingerprint density at radius 2 is 1.78 bits per heavy atom. The van der Waals surface area contributed by atoms with Crippen molar-refractivity contribution in [3.63, 3.8) is 0 Å². The van der Waals surface area contributed by atoms with E-state index in [4.69, 9.17) is 40.5 Å². The molecule has 3 N–H and O–H groups in total. The lowest BCUT2D eigenvalue weighted by molar-refractivity contribution is -0.118. The van der Waals surface area contributed by atoms with E-state index in [1.165, 1.54) is 23.4 Å². The normalized spacial score (nSPS) is 26.8. The van der Waals surface area contributed by atoms with Crippen molar-refractivity contribution >= 4 is 56.2 Å². The molecular formula is C39H62N8O14P2Si2. The molecule has 9 atom stereocenters. The third-order valence-electron chi connectivity index (χ3n) is 11.9. The highest BCUT2D eigenvalue weighted by atomic mass is 31.2. The molecule has 3 aromatic heterocycles. The first-order chi connectivity index (χ1) is 30.7. The Morgan fingerprint density at radius 1 is 1.08 bits per heavy atom. The second kappa shape index (κ2) is 21.3. The molecule has 2 saturated heterocycles. The molecular weight excluding hydrogens is 923 g/mol. The number of nitriles is 1. The Kier molecular flexibility index (Phi) is 16.8. The van der Waals surface area contributed by atoms with Gasteiger partial charge in [0, 0.05) is 30.5 Å². The SMILES string of the molecule is CC(C)C(=O)Nc1nc2c(ncn2[C@H]2O[C@H]3CO[Si](C(C)C)(C(C)C)O[Si](C(C)C)(C(C)C)O[C@@H]3[C@@H]2OP(=O)(OCCC#N)OC[C@@H]2C[C@H](Oc3ccncn3)C[C@H]2O[PH](=O)O)c(=O)[nH]1. The molecule has 26 heteroatoms. The Hall–Kier alpha value is -3.28. The van der Waals surface area contributed by atoms with Crippen LogP contribution in [0.3, 0.4) is 0 Å². The van der Waals surface area contributed by atoms with Crippen molar-refractivity contribution in [3.8, 4) is 11.9 Å². The number of hydrogen-bond donors (Lipinski definition) is 3. The molecule has 3 aromatic rings. The Bertz CT molecular complexity index is 2270. The molecule has 65 heavy (non-hydrogen) atoms. The zero-order chi connectivity index (χ0) is 47.4. The monoisotopic (exact) mass is 984 g/mol. The van der Waals surface area contributed by atoms with Crippen molar-refractivity contribution in [1.29, 1.82) is 5.26 Å². The number of aromatic amines is 1. The third kappa shape index (κ3) is 11.4. The van der Waals surface area contributed by atoms with Crippen molar-refractivity contribution in [1.82, 2.24) is 29.5 Å². The van der Waals surface area contributed by atoms with Gasteiger partial charge in [-0.2, -0.15) is 10.2 Å². The number of H-pyrrole nitrogens is 1. The molecule has 2 unspecified atom stereocenters. The lowest BCUT2D eigenvalue weighted by Gasteiger charge is -2.51. The van der Waals surface area contributed by atoms with Crippen LogP contribution in [0.25, 0.3) is 11.2 Å². The minimum absolute atomic E-state index is 0.00297. The predicted octanol–water partition coefficient (Wildman–Crippen LogP) is 6.42. The minimum Gasteiger partial charge on any atom is -0.474 e. The van der Waals surface area contributed by atoms with Gasteiger partial charge in [-0.3, -0.25) is 42.6 Å². The van der Waals surface area contributed by atoms with E-state index in [0.717, 1.165) is 0 Å². The second-order valence-corrected chi connectivity index (χ2v) is 29.2. The number of fused-ring (bicyclic) bond motifs is 2. The molecule has 1 saturated carbocycles. The Labute approximate surface area is 380 Å². The summed E-state index contributed by atoms with van der Waals surface area (Å²) in [6, 6.07) is 3.54. The van der Waals surface area contributed by atoms with Crippen LogP contribution in [0.1, 0.15) is 94.7 Å². The Balaban J connectivity index is 1.44. The van der Waals surface area contributed by atoms with Crippen LogP contribution in [-0.4, -0.2) is 108 Å². The molecule has 2 aliphatic heterocycles. The second-order valence-electron chi connectivity index (χ2n) is 18.0. The number of ether oxygens (including phenoxy) is 2. The number of hydrogen-bond acceptors (Lipinski definition) is 18. The van der Waals surface area contributed by atoms with Gasteiger partial charge in [0.1, 0.15) is 30.7 Å². The average molecular weight is 985 g/mol. The van der Waals surface area contributed by atoms with Gasteiger partial charge in [-0.25, -0.2) is 19.5 Å². The summed E-state index contributed by atoms with van der Waals surface area (Å²) in [7, 11) is -14.7. The standard InChI is InChI=1S/C39H62N8O14P2Si2/c1-22(2)36(48)45-39-44-35-32(37(49)46-39)43-21-47(35)38-34(33-30(57-38)19-55-64(23(3)4,24(5)6)61-65(60-33,25(7)8)26(9)10)59-63(52,53-15-11-13-40)54-18-27-16-28(17-29(27)58-62(50)51)56-31-12-14-41-20-42-31/h12,14,20-30,33-34,38,62H,11,15-19H2,1-10H3,(H,50,51)(H2,44,45,46,48,49)/t27-,28-,29+,30-,33-,34-,38-,63?/m0/s1. The number of nitrogens with zero attached hydrogens (tertiary/aromatic N) is 6. The van der Waals surface area contributed by atoms with E-state index in [9.17, 15) is 24.3 Å². The van der Waals surface area contributed by atoms with Gasteiger partial charge >= 0.3 is 33.2 Å². The fourth-order valence-corrected chi connectivity index (χ4v) is 21.8. The van der Waals surface area contributed by atoms with E-state index in [2.05, 4.69) is 57.9 Å². The summed E-state index contributed by atoms with van der Waals surface area (Å²) >= 11 is 0. The maximum Gasteiger partial charge on any atom is 0.475 e. The quantitative estimate of drug-likeness (QED) is 0.0663. The summed E-state index contributed by atoms with van der Waals surface area (Å²) < 4.78 is 87.4. The average Bonchev–Trinajstić information content (AvgIpc) is 3.91. The van der Waals surface area contributed by atoms with Crippen molar-refractivity contribution in [2.45, 2.75) is 147 Å². The first kappa shape index (κ1) is 51.1. The molecule has 0 radical (unpaired) electrons. The number of carbonyl (C=O) groups excluding carboxylic acids is 1. The molecule has 3 fully saturated rings. The van der Waals surface area contributed by atoms with Gasteiger partial charge in [0.05, 0.1) is 44.7 Å². The molecule has 22 nitrogen and oxygen atoms in total. The molecule has 6 rings (SSSR count). The molecule has 1 amide bonds. The Morgan fingerprint density at radius 3 is 2.40 bits per heavy atom. The maximum absolute atomic E-state index is 15.2. The van der Waals surface area contributed by atoms with Gasteiger partial charge in [-0.15, -0.1) is 0 Å². The number of phosphoric ester groups is 1. The largest absolute Gasteiger partial charge is 0.475 e. The molecule has 0 bridgehead atoms. The lowest BCUT2D eigenvalue weighted by Crippen LogP contribution is -2.65. The van der Waals surface area contributed by atoms with E-state index in [0.29, 0.717) is 0 Å². The van der Waals surface area contributed by atoms with Crippen molar-refractivity contribution in [2.24, 2.45) is 11.8 Å². The summed E-state index contributed by atoms with van der Waals surface area (Å²) in [6.45, 7) is 19.2. The van der Waals surface area contributed by atoms with Crippen molar-refractivity contribution in [2.75, 3.05) is 25.1 Å². The number of imidazole rings is 1. The topological polar surface area (TPSA) is 280 Å². The maximum atomic E-state index is 15.2. The number of aromatic nitrogens is 6. The fourth-order valence-electron chi connectivity index (χ4n) is 8.63. The van der Waals surface area contributed by atoms with Gasteiger partial charge in [0.25, 0.3) is 5.56 Å². The van der Waals surface area contributed by atoms with E-state index in [-0.39, 0.29) is 84.2 Å². The van der Waals surface area contributed by atoms with Crippen molar-refractivity contribution < 1.29 is 59.4 Å². The number of amides is 1. The van der Waals surface area contributed by atoms with Crippen LogP contribution in [0.15, 0.2) is 29.7 Å². The highest BCUT2D eigenvalue weighted by molar-refractivity contribution is 7.48. The van der Waals surface area contributed by atoms with E-state index >= 15 is 4.57 Å². The number of phosphoric acid groups is 1. The summed E-state index contributed by atoms with van der Waals surface area (Å²) in [5.41, 5.74) is -0.994. The zero-order valence-corrected chi connectivity index (χ0v) is 42.3. The first-order valence-electron chi connectivity index (χ1n) is 21.9.